The largest absolute Gasteiger partial charge is 0.481 e. The molecule has 1 aliphatic heterocycles. The molecule has 5 heteroatoms. The highest BCUT2D eigenvalue weighted by Gasteiger charge is 2.40. The van der Waals surface area contributed by atoms with Crippen LogP contribution in [0, 0.1) is 0 Å². The molecule has 0 bridgehead atoms. The van der Waals surface area contributed by atoms with Crippen LogP contribution in [0.5, 0.6) is 0 Å². The third kappa shape index (κ3) is 3.14. The summed E-state index contributed by atoms with van der Waals surface area (Å²) in [6.07, 6.45) is -0.293. The number of nitrogens with zero attached hydrogens (tertiary/aromatic N) is 1. The summed E-state index contributed by atoms with van der Waals surface area (Å²) in [5.41, 5.74) is 3.33. The van der Waals surface area contributed by atoms with E-state index in [-0.39, 0.29) is 29.4 Å². The Morgan fingerprint density at radius 1 is 0.926 bits per heavy atom. The van der Waals surface area contributed by atoms with E-state index in [1.165, 1.54) is 4.90 Å². The fourth-order valence-corrected chi connectivity index (χ4v) is 3.64. The minimum absolute atomic E-state index is 0.126. The Balaban J connectivity index is 2.22. The molecule has 0 unspecified atom stereocenters. The number of carbonyl (C=O) groups is 3. The van der Waals surface area contributed by atoms with Crippen LogP contribution in [-0.2, 0) is 11.2 Å². The summed E-state index contributed by atoms with van der Waals surface area (Å²) in [5, 5.41) is 9.16. The third-order valence-electron chi connectivity index (χ3n) is 4.91. The van der Waals surface area contributed by atoms with Crippen molar-refractivity contribution in [2.75, 3.05) is 4.90 Å². The molecule has 5 nitrogen and oxygen atoms in total. The molecule has 0 atom stereocenters. The number of carboxylic acid groups (broad SMARTS) is 1. The van der Waals surface area contributed by atoms with Gasteiger partial charge in [0.05, 0.1) is 23.2 Å². The molecule has 140 valence electrons. The first-order valence-corrected chi connectivity index (χ1v) is 9.09. The van der Waals surface area contributed by atoms with Gasteiger partial charge in [0.25, 0.3) is 11.8 Å². The van der Waals surface area contributed by atoms with Crippen molar-refractivity contribution in [2.45, 2.75) is 46.0 Å². The minimum Gasteiger partial charge on any atom is -0.481 e. The van der Waals surface area contributed by atoms with Crippen molar-refractivity contribution >= 4 is 23.5 Å². The number of rotatable bonds is 5. The maximum Gasteiger partial charge on any atom is 0.307 e. The van der Waals surface area contributed by atoms with Gasteiger partial charge in [0, 0.05) is 0 Å². The van der Waals surface area contributed by atoms with Gasteiger partial charge in [-0.3, -0.25) is 14.4 Å². The van der Waals surface area contributed by atoms with Crippen LogP contribution < -0.4 is 4.90 Å². The lowest BCUT2D eigenvalue weighted by molar-refractivity contribution is -0.136. The van der Waals surface area contributed by atoms with Crippen molar-refractivity contribution in [1.82, 2.24) is 0 Å². The van der Waals surface area contributed by atoms with E-state index in [0.717, 1.165) is 11.1 Å². The maximum atomic E-state index is 13.3. The lowest BCUT2D eigenvalue weighted by atomic mass is 9.92. The number of amides is 2. The SMILES string of the molecule is CC(C)c1cccc(C(C)C)c1N1C(=O)c2cccc(CC(=O)O)c2C1=O. The fraction of sp³-hybridized carbons (Fsp3) is 0.318. The molecule has 1 heterocycles. The molecule has 0 radical (unpaired) electrons. The Kier molecular flexibility index (Phi) is 4.87. The number of benzene rings is 2. The van der Waals surface area contributed by atoms with Crippen LogP contribution in [0.15, 0.2) is 36.4 Å². The monoisotopic (exact) mass is 365 g/mol. The second-order valence-electron chi connectivity index (χ2n) is 7.45. The molecule has 0 saturated heterocycles. The number of fused-ring (bicyclic) bond motifs is 1. The van der Waals surface area contributed by atoms with E-state index in [2.05, 4.69) is 0 Å². The first kappa shape index (κ1) is 18.8. The number of aliphatic carboxylic acids is 1. The average Bonchev–Trinajstić information content (AvgIpc) is 2.85. The van der Waals surface area contributed by atoms with Gasteiger partial charge in [-0.2, -0.15) is 0 Å². The van der Waals surface area contributed by atoms with Crippen LogP contribution in [-0.4, -0.2) is 22.9 Å². The summed E-state index contributed by atoms with van der Waals surface area (Å²) in [6.45, 7) is 8.10. The molecule has 1 N–H and O–H groups in total. The molecule has 0 spiro atoms. The lowest BCUT2D eigenvalue weighted by Gasteiger charge is -2.25. The predicted octanol–water partition coefficient (Wildman–Crippen LogP) is 4.36. The van der Waals surface area contributed by atoms with Crippen molar-refractivity contribution in [3.05, 3.63) is 64.2 Å². The quantitative estimate of drug-likeness (QED) is 0.799. The van der Waals surface area contributed by atoms with E-state index in [1.54, 1.807) is 18.2 Å². The summed E-state index contributed by atoms with van der Waals surface area (Å²) in [4.78, 5) is 38.8. The zero-order valence-corrected chi connectivity index (χ0v) is 15.9. The molecule has 3 rings (SSSR count). The number of anilines is 1. The number of carbonyl (C=O) groups excluding carboxylic acids is 2. The van der Waals surface area contributed by atoms with Gasteiger partial charge in [0.1, 0.15) is 0 Å². The Morgan fingerprint density at radius 2 is 1.48 bits per heavy atom. The lowest BCUT2D eigenvalue weighted by Crippen LogP contribution is -2.32. The van der Waals surface area contributed by atoms with Gasteiger partial charge in [-0.15, -0.1) is 0 Å². The van der Waals surface area contributed by atoms with Gasteiger partial charge >= 0.3 is 5.97 Å². The van der Waals surface area contributed by atoms with E-state index >= 15 is 0 Å². The van der Waals surface area contributed by atoms with E-state index in [9.17, 15) is 14.4 Å². The van der Waals surface area contributed by atoms with Crippen LogP contribution in [0.2, 0.25) is 0 Å². The van der Waals surface area contributed by atoms with Gasteiger partial charge in [-0.1, -0.05) is 58.0 Å². The zero-order valence-electron chi connectivity index (χ0n) is 15.9. The summed E-state index contributed by atoms with van der Waals surface area (Å²) >= 11 is 0. The van der Waals surface area contributed by atoms with E-state index in [1.807, 2.05) is 45.9 Å². The van der Waals surface area contributed by atoms with Crippen LogP contribution in [0.4, 0.5) is 5.69 Å². The van der Waals surface area contributed by atoms with E-state index in [4.69, 9.17) is 5.11 Å². The van der Waals surface area contributed by atoms with Crippen molar-refractivity contribution in [3.63, 3.8) is 0 Å². The van der Waals surface area contributed by atoms with Gasteiger partial charge in [0.15, 0.2) is 0 Å². The molecule has 0 fully saturated rings. The second kappa shape index (κ2) is 6.99. The number of para-hydroxylation sites is 1. The third-order valence-corrected chi connectivity index (χ3v) is 4.91. The Bertz CT molecular complexity index is 917. The smallest absolute Gasteiger partial charge is 0.307 e. The standard InChI is InChI=1S/C22H23NO4/c1-12(2)15-8-6-9-16(13(3)4)20(15)23-21(26)17-10-5-7-14(11-18(24)25)19(17)22(23)27/h5-10,12-13H,11H2,1-4H3,(H,24,25). The molecule has 2 aromatic carbocycles. The molecule has 2 aromatic rings. The van der Waals surface area contributed by atoms with Crippen molar-refractivity contribution < 1.29 is 19.5 Å². The number of hydrogen-bond acceptors (Lipinski definition) is 3. The minimum atomic E-state index is -1.03. The maximum absolute atomic E-state index is 13.3. The zero-order chi connectivity index (χ0) is 19.9. The van der Waals surface area contributed by atoms with E-state index in [0.29, 0.717) is 11.3 Å². The number of hydrogen-bond donors (Lipinski definition) is 1. The Hall–Kier alpha value is -2.95. The van der Waals surface area contributed by atoms with Crippen LogP contribution >= 0.6 is 0 Å². The Labute approximate surface area is 158 Å². The van der Waals surface area contributed by atoms with Gasteiger partial charge in [-0.05, 0) is 34.6 Å². The number of imide groups is 1. The summed E-state index contributed by atoms with van der Waals surface area (Å²) in [7, 11) is 0. The molecule has 0 aromatic heterocycles. The molecule has 0 saturated carbocycles. The van der Waals surface area contributed by atoms with Crippen LogP contribution in [0.25, 0.3) is 0 Å². The molecule has 1 aliphatic rings. The molecule has 2 amide bonds. The molecular weight excluding hydrogens is 342 g/mol. The molecule has 0 aliphatic carbocycles. The highest BCUT2D eigenvalue weighted by Crippen LogP contribution is 2.40. The fourth-order valence-electron chi connectivity index (χ4n) is 3.64. The first-order valence-electron chi connectivity index (χ1n) is 9.09. The summed E-state index contributed by atoms with van der Waals surface area (Å²) in [6, 6.07) is 10.6. The van der Waals surface area contributed by atoms with Crippen LogP contribution in [0.3, 0.4) is 0 Å². The van der Waals surface area contributed by atoms with Crippen molar-refractivity contribution in [1.29, 1.82) is 0 Å². The highest BCUT2D eigenvalue weighted by molar-refractivity contribution is 6.35. The second-order valence-corrected chi connectivity index (χ2v) is 7.45. The van der Waals surface area contributed by atoms with Crippen LogP contribution in [0.1, 0.15) is 76.9 Å². The molecular formula is C22H23NO4. The number of carboxylic acids is 1. The van der Waals surface area contributed by atoms with E-state index < -0.39 is 17.8 Å². The van der Waals surface area contributed by atoms with Crippen molar-refractivity contribution in [2.24, 2.45) is 0 Å². The predicted molar refractivity (Wildman–Crippen MR) is 104 cm³/mol. The molecule has 27 heavy (non-hydrogen) atoms. The summed E-state index contributed by atoms with van der Waals surface area (Å²) in [5.74, 6) is -1.62. The summed E-state index contributed by atoms with van der Waals surface area (Å²) < 4.78 is 0. The van der Waals surface area contributed by atoms with Gasteiger partial charge in [-0.25, -0.2) is 4.90 Å². The van der Waals surface area contributed by atoms with Crippen molar-refractivity contribution in [3.8, 4) is 0 Å². The first-order chi connectivity index (χ1) is 12.7. The topological polar surface area (TPSA) is 74.7 Å². The highest BCUT2D eigenvalue weighted by atomic mass is 16.4. The normalized spacial score (nSPS) is 13.6. The van der Waals surface area contributed by atoms with Gasteiger partial charge in [0.2, 0.25) is 0 Å². The van der Waals surface area contributed by atoms with Gasteiger partial charge < -0.3 is 5.11 Å². The Morgan fingerprint density at radius 3 is 2.00 bits per heavy atom. The average molecular weight is 365 g/mol.